The van der Waals surface area contributed by atoms with Gasteiger partial charge >= 0.3 is 0 Å². The average Bonchev–Trinajstić information content (AvgIpc) is 2.67. The van der Waals surface area contributed by atoms with E-state index in [9.17, 15) is 4.79 Å². The normalized spacial score (nSPS) is 16.0. The maximum absolute atomic E-state index is 11.5. The number of nitrogens with one attached hydrogen (secondary N) is 1. The number of hydrogen-bond donors (Lipinski definition) is 1. The molecule has 1 amide bonds. The summed E-state index contributed by atoms with van der Waals surface area (Å²) < 4.78 is 0. The van der Waals surface area contributed by atoms with Crippen molar-refractivity contribution in [2.24, 2.45) is 0 Å². The van der Waals surface area contributed by atoms with Gasteiger partial charge in [-0.15, -0.1) is 11.6 Å². The van der Waals surface area contributed by atoms with E-state index in [1.54, 1.807) is 6.07 Å². The Morgan fingerprint density at radius 3 is 2.53 bits per heavy atom. The predicted molar refractivity (Wildman–Crippen MR) is 81.5 cm³/mol. The van der Waals surface area contributed by atoms with E-state index < -0.39 is 0 Å². The highest BCUT2D eigenvalue weighted by molar-refractivity contribution is 6.31. The molecule has 0 aromatic heterocycles. The fourth-order valence-corrected chi connectivity index (χ4v) is 2.62. The second-order valence-corrected chi connectivity index (χ2v) is 5.45. The molecule has 1 aromatic carbocycles. The van der Waals surface area contributed by atoms with E-state index in [1.807, 2.05) is 12.1 Å². The molecule has 1 saturated heterocycles. The van der Waals surface area contributed by atoms with Crippen LogP contribution in [-0.2, 0) is 4.79 Å². The van der Waals surface area contributed by atoms with Gasteiger partial charge in [0.05, 0.1) is 11.4 Å². The van der Waals surface area contributed by atoms with Crippen LogP contribution in [-0.4, -0.2) is 24.9 Å². The van der Waals surface area contributed by atoms with Crippen LogP contribution in [0.25, 0.3) is 0 Å². The molecule has 1 aromatic rings. The number of carbonyl (C=O) groups is 1. The molecule has 1 aliphatic rings. The van der Waals surface area contributed by atoms with E-state index in [0.29, 0.717) is 5.02 Å². The minimum absolute atomic E-state index is 0.0496. The van der Waals surface area contributed by atoms with Gasteiger partial charge in [0.2, 0.25) is 5.91 Å². The first-order valence-electron chi connectivity index (χ1n) is 6.61. The first-order valence-corrected chi connectivity index (χ1v) is 7.52. The maximum Gasteiger partial charge on any atom is 0.239 e. The molecular weight excluding hydrogens is 283 g/mol. The molecule has 0 bridgehead atoms. The molecule has 0 unspecified atom stereocenters. The van der Waals surface area contributed by atoms with E-state index >= 15 is 0 Å². The smallest absolute Gasteiger partial charge is 0.239 e. The average molecular weight is 301 g/mol. The molecule has 1 heterocycles. The molecule has 3 nitrogen and oxygen atoms in total. The standard InChI is InChI=1S/C14H18Cl2N2O/c15-10-14(19)17-12-9-11(16)5-6-13(12)18-7-3-1-2-4-8-18/h5-6,9H,1-4,7-8,10H2,(H,17,19). The summed E-state index contributed by atoms with van der Waals surface area (Å²) in [4.78, 5) is 13.8. The number of amides is 1. The Bertz CT molecular complexity index is 443. The van der Waals surface area contributed by atoms with E-state index in [2.05, 4.69) is 10.2 Å². The highest BCUT2D eigenvalue weighted by Crippen LogP contribution is 2.30. The minimum atomic E-state index is -0.208. The highest BCUT2D eigenvalue weighted by atomic mass is 35.5. The molecule has 0 aliphatic carbocycles. The highest BCUT2D eigenvalue weighted by Gasteiger charge is 2.15. The minimum Gasteiger partial charge on any atom is -0.370 e. The summed E-state index contributed by atoms with van der Waals surface area (Å²) in [6.45, 7) is 2.04. The number of rotatable bonds is 3. The predicted octanol–water partition coefficient (Wildman–Crippen LogP) is 3.90. The molecule has 0 spiro atoms. The second kappa shape index (κ2) is 7.01. The van der Waals surface area contributed by atoms with Crippen molar-refractivity contribution >= 4 is 40.5 Å². The number of benzene rings is 1. The maximum atomic E-state index is 11.5. The van der Waals surface area contributed by atoms with Gasteiger partial charge in [-0.1, -0.05) is 24.4 Å². The van der Waals surface area contributed by atoms with Crippen LogP contribution >= 0.6 is 23.2 Å². The number of anilines is 2. The van der Waals surface area contributed by atoms with Crippen LogP contribution in [0.2, 0.25) is 5.02 Å². The van der Waals surface area contributed by atoms with Crippen molar-refractivity contribution in [3.63, 3.8) is 0 Å². The zero-order valence-corrected chi connectivity index (χ0v) is 12.3. The van der Waals surface area contributed by atoms with Crippen molar-refractivity contribution in [3.05, 3.63) is 23.2 Å². The van der Waals surface area contributed by atoms with Crippen LogP contribution in [0.1, 0.15) is 25.7 Å². The first-order chi connectivity index (χ1) is 9.20. The quantitative estimate of drug-likeness (QED) is 0.859. The Morgan fingerprint density at radius 2 is 1.89 bits per heavy atom. The molecule has 104 valence electrons. The van der Waals surface area contributed by atoms with Crippen LogP contribution in [0.4, 0.5) is 11.4 Å². The van der Waals surface area contributed by atoms with Gasteiger partial charge < -0.3 is 10.2 Å². The van der Waals surface area contributed by atoms with Crippen molar-refractivity contribution in [2.75, 3.05) is 29.2 Å². The van der Waals surface area contributed by atoms with Gasteiger partial charge in [-0.3, -0.25) is 4.79 Å². The first kappa shape index (κ1) is 14.5. The van der Waals surface area contributed by atoms with Crippen LogP contribution in [0.5, 0.6) is 0 Å². The molecule has 2 rings (SSSR count). The Labute approximate surface area is 123 Å². The fourth-order valence-electron chi connectivity index (χ4n) is 2.38. The third-order valence-corrected chi connectivity index (χ3v) is 3.78. The third kappa shape index (κ3) is 4.02. The second-order valence-electron chi connectivity index (χ2n) is 4.74. The van der Waals surface area contributed by atoms with Crippen LogP contribution in [0, 0.1) is 0 Å². The Balaban J connectivity index is 2.24. The summed E-state index contributed by atoms with van der Waals surface area (Å²) in [5, 5.41) is 3.44. The number of halogens is 2. The van der Waals surface area contributed by atoms with E-state index in [1.165, 1.54) is 25.7 Å². The van der Waals surface area contributed by atoms with E-state index in [-0.39, 0.29) is 11.8 Å². The van der Waals surface area contributed by atoms with Gasteiger partial charge in [-0.25, -0.2) is 0 Å². The molecule has 0 atom stereocenters. The summed E-state index contributed by atoms with van der Waals surface area (Å²) in [7, 11) is 0. The molecule has 5 heteroatoms. The monoisotopic (exact) mass is 300 g/mol. The Morgan fingerprint density at radius 1 is 1.21 bits per heavy atom. The number of nitrogens with zero attached hydrogens (tertiary/aromatic N) is 1. The largest absolute Gasteiger partial charge is 0.370 e. The molecule has 0 radical (unpaired) electrons. The Kier molecular flexibility index (Phi) is 5.34. The lowest BCUT2D eigenvalue weighted by atomic mass is 10.2. The van der Waals surface area contributed by atoms with Gasteiger partial charge in [-0.05, 0) is 31.0 Å². The zero-order chi connectivity index (χ0) is 13.7. The molecular formula is C14H18Cl2N2O. The summed E-state index contributed by atoms with van der Waals surface area (Å²) in [5.74, 6) is -0.258. The summed E-state index contributed by atoms with van der Waals surface area (Å²) >= 11 is 11.6. The third-order valence-electron chi connectivity index (χ3n) is 3.30. The zero-order valence-electron chi connectivity index (χ0n) is 10.8. The van der Waals surface area contributed by atoms with Gasteiger partial charge in [0, 0.05) is 18.1 Å². The number of hydrogen-bond acceptors (Lipinski definition) is 2. The number of carbonyl (C=O) groups excluding carboxylic acids is 1. The van der Waals surface area contributed by atoms with Gasteiger partial charge in [0.1, 0.15) is 5.88 Å². The van der Waals surface area contributed by atoms with E-state index in [4.69, 9.17) is 23.2 Å². The topological polar surface area (TPSA) is 32.3 Å². The SMILES string of the molecule is O=C(CCl)Nc1cc(Cl)ccc1N1CCCCCC1. The van der Waals surface area contributed by atoms with Crippen molar-refractivity contribution in [2.45, 2.75) is 25.7 Å². The lowest BCUT2D eigenvalue weighted by Gasteiger charge is -2.25. The molecule has 1 fully saturated rings. The van der Waals surface area contributed by atoms with Crippen LogP contribution in [0.15, 0.2) is 18.2 Å². The fraction of sp³-hybridized carbons (Fsp3) is 0.500. The van der Waals surface area contributed by atoms with Crippen molar-refractivity contribution < 1.29 is 4.79 Å². The van der Waals surface area contributed by atoms with Gasteiger partial charge in [0.25, 0.3) is 0 Å². The summed E-state index contributed by atoms with van der Waals surface area (Å²) in [5.41, 5.74) is 1.78. The van der Waals surface area contributed by atoms with Gasteiger partial charge in [0.15, 0.2) is 0 Å². The van der Waals surface area contributed by atoms with Crippen molar-refractivity contribution in [1.29, 1.82) is 0 Å². The van der Waals surface area contributed by atoms with Crippen molar-refractivity contribution in [1.82, 2.24) is 0 Å². The molecule has 19 heavy (non-hydrogen) atoms. The van der Waals surface area contributed by atoms with Crippen molar-refractivity contribution in [3.8, 4) is 0 Å². The molecule has 1 N–H and O–H groups in total. The Hall–Kier alpha value is -0.930. The van der Waals surface area contributed by atoms with E-state index in [0.717, 1.165) is 24.5 Å². The lowest BCUT2D eigenvalue weighted by Crippen LogP contribution is -2.26. The molecule has 1 aliphatic heterocycles. The van der Waals surface area contributed by atoms with Crippen LogP contribution < -0.4 is 10.2 Å². The molecule has 0 saturated carbocycles. The number of alkyl halides is 1. The summed E-state index contributed by atoms with van der Waals surface area (Å²) in [6, 6.07) is 5.61. The lowest BCUT2D eigenvalue weighted by molar-refractivity contribution is -0.113. The van der Waals surface area contributed by atoms with Crippen LogP contribution in [0.3, 0.4) is 0 Å². The summed E-state index contributed by atoms with van der Waals surface area (Å²) in [6.07, 6.45) is 4.91. The van der Waals surface area contributed by atoms with Gasteiger partial charge in [-0.2, -0.15) is 0 Å².